The number of carbonyl (C=O) groups excluding carboxylic acids is 3. The molecule has 0 bridgehead atoms. The summed E-state index contributed by atoms with van der Waals surface area (Å²) in [5.41, 5.74) is 0.756. The Morgan fingerprint density at radius 2 is 2.11 bits per heavy atom. The lowest BCUT2D eigenvalue weighted by molar-refractivity contribution is -0.142. The molecule has 18 heavy (non-hydrogen) atoms. The van der Waals surface area contributed by atoms with Gasteiger partial charge in [0.15, 0.2) is 0 Å². The lowest BCUT2D eigenvalue weighted by Gasteiger charge is -2.09. The van der Waals surface area contributed by atoms with Crippen LogP contribution in [0.3, 0.4) is 0 Å². The predicted molar refractivity (Wildman–Crippen MR) is 61.1 cm³/mol. The molecule has 94 valence electrons. The Morgan fingerprint density at radius 3 is 2.72 bits per heavy atom. The number of Topliss-reactive ketones (excluding diaryl/α,β-unsaturated/α-hetero) is 1. The molecule has 0 saturated heterocycles. The summed E-state index contributed by atoms with van der Waals surface area (Å²) in [4.78, 5) is 38.5. The number of rotatable bonds is 2. The van der Waals surface area contributed by atoms with E-state index in [9.17, 15) is 14.4 Å². The Bertz CT molecular complexity index is 595. The highest BCUT2D eigenvalue weighted by atomic mass is 16.5. The molecule has 0 aromatic carbocycles. The van der Waals surface area contributed by atoms with Crippen molar-refractivity contribution in [3.63, 3.8) is 0 Å². The molecule has 0 N–H and O–H groups in total. The molecule has 0 fully saturated rings. The van der Waals surface area contributed by atoms with Crippen LogP contribution in [0.25, 0.3) is 0 Å². The quantitative estimate of drug-likeness (QED) is 0.723. The van der Waals surface area contributed by atoms with Gasteiger partial charge in [-0.25, -0.2) is 4.98 Å². The summed E-state index contributed by atoms with van der Waals surface area (Å²) in [6, 6.07) is 0. The van der Waals surface area contributed by atoms with Crippen molar-refractivity contribution < 1.29 is 19.1 Å². The minimum atomic E-state index is -0.442. The van der Waals surface area contributed by atoms with Crippen LogP contribution >= 0.6 is 0 Å². The van der Waals surface area contributed by atoms with E-state index >= 15 is 0 Å². The van der Waals surface area contributed by atoms with E-state index in [0.717, 1.165) is 0 Å². The third-order valence-corrected chi connectivity index (χ3v) is 2.75. The fourth-order valence-electron chi connectivity index (χ4n) is 1.79. The molecular weight excluding hydrogens is 236 g/mol. The van der Waals surface area contributed by atoms with E-state index in [1.165, 1.54) is 17.6 Å². The first-order valence-corrected chi connectivity index (χ1v) is 5.38. The van der Waals surface area contributed by atoms with Crippen molar-refractivity contribution in [2.45, 2.75) is 20.5 Å². The van der Waals surface area contributed by atoms with Gasteiger partial charge >= 0.3 is 5.97 Å². The average Bonchev–Trinajstić information content (AvgIpc) is 2.62. The van der Waals surface area contributed by atoms with E-state index in [-0.39, 0.29) is 29.6 Å². The Kier molecular flexibility index (Phi) is 2.86. The molecule has 6 heteroatoms. The number of hydrogen-bond donors (Lipinski definition) is 0. The minimum absolute atomic E-state index is 0.0571. The summed E-state index contributed by atoms with van der Waals surface area (Å²) < 4.78 is 6.32. The second kappa shape index (κ2) is 4.21. The number of ether oxygens (including phenoxy) is 1. The Morgan fingerprint density at radius 1 is 1.44 bits per heavy atom. The van der Waals surface area contributed by atoms with Gasteiger partial charge in [-0.1, -0.05) is 0 Å². The number of ketones is 2. The summed E-state index contributed by atoms with van der Waals surface area (Å²) in [5, 5.41) is 0. The van der Waals surface area contributed by atoms with Crippen molar-refractivity contribution >= 4 is 17.5 Å². The van der Waals surface area contributed by atoms with Crippen LogP contribution in [0.5, 0.6) is 0 Å². The average molecular weight is 248 g/mol. The van der Waals surface area contributed by atoms with Crippen molar-refractivity contribution in [1.29, 1.82) is 0 Å². The Balaban J connectivity index is 2.43. The van der Waals surface area contributed by atoms with Crippen molar-refractivity contribution in [3.05, 3.63) is 28.9 Å². The molecule has 1 aromatic rings. The second-order valence-corrected chi connectivity index (χ2v) is 4.09. The third-order valence-electron chi connectivity index (χ3n) is 2.75. The van der Waals surface area contributed by atoms with Crippen molar-refractivity contribution in [3.8, 4) is 0 Å². The molecule has 0 saturated carbocycles. The van der Waals surface area contributed by atoms with E-state index in [4.69, 9.17) is 4.74 Å². The van der Waals surface area contributed by atoms with Gasteiger partial charge < -0.3 is 9.30 Å². The first kappa shape index (κ1) is 12.2. The highest BCUT2D eigenvalue weighted by Gasteiger charge is 2.29. The molecule has 1 aliphatic rings. The Labute approximate surface area is 103 Å². The molecule has 1 heterocycles. The highest BCUT2D eigenvalue weighted by Crippen LogP contribution is 2.21. The number of esters is 1. The zero-order valence-electron chi connectivity index (χ0n) is 10.3. The molecule has 0 aliphatic heterocycles. The molecule has 0 spiro atoms. The van der Waals surface area contributed by atoms with Crippen LogP contribution < -0.4 is 0 Å². The number of aromatic nitrogens is 2. The van der Waals surface area contributed by atoms with Gasteiger partial charge in [0, 0.05) is 19.5 Å². The van der Waals surface area contributed by atoms with Gasteiger partial charge in [-0.2, -0.15) is 0 Å². The predicted octanol–water partition coefficient (Wildman–Crippen LogP) is 0.808. The summed E-state index contributed by atoms with van der Waals surface area (Å²) in [6.45, 7) is 2.81. The van der Waals surface area contributed by atoms with Crippen LogP contribution in [-0.2, 0) is 23.2 Å². The van der Waals surface area contributed by atoms with Crippen LogP contribution in [0, 0.1) is 0 Å². The highest BCUT2D eigenvalue weighted by molar-refractivity contribution is 6.22. The summed E-state index contributed by atoms with van der Waals surface area (Å²) in [6.07, 6.45) is 1.27. The van der Waals surface area contributed by atoms with Gasteiger partial charge in [0.1, 0.15) is 23.8 Å². The van der Waals surface area contributed by atoms with E-state index < -0.39 is 5.97 Å². The smallest absolute Gasteiger partial charge is 0.303 e. The van der Waals surface area contributed by atoms with Crippen LogP contribution in [0.2, 0.25) is 0 Å². The van der Waals surface area contributed by atoms with Crippen LogP contribution in [0.4, 0.5) is 0 Å². The standard InChI is InChI=1S/C12H12N2O4/c1-6-4-8(16)10-11(12(6)17)14(3)9(13-10)5-18-7(2)15/h4H,5H2,1-3H3. The SMILES string of the molecule is CC(=O)OCc1nc2c(n1C)C(=O)C(C)=CC2=O. The normalized spacial score (nSPS) is 14.3. The van der Waals surface area contributed by atoms with Gasteiger partial charge in [0.25, 0.3) is 0 Å². The number of nitrogens with zero attached hydrogens (tertiary/aromatic N) is 2. The fraction of sp³-hybridized carbons (Fsp3) is 0.333. The first-order valence-electron chi connectivity index (χ1n) is 5.38. The maximum Gasteiger partial charge on any atom is 0.303 e. The van der Waals surface area contributed by atoms with Crippen molar-refractivity contribution in [2.24, 2.45) is 7.05 Å². The van der Waals surface area contributed by atoms with Gasteiger partial charge in [0.2, 0.25) is 11.6 Å². The van der Waals surface area contributed by atoms with E-state index in [1.807, 2.05) is 0 Å². The Hall–Kier alpha value is -2.24. The molecule has 6 nitrogen and oxygen atoms in total. The summed E-state index contributed by atoms with van der Waals surface area (Å²) in [5.74, 6) is -0.594. The maximum absolute atomic E-state index is 11.9. The topological polar surface area (TPSA) is 78.3 Å². The number of fused-ring (bicyclic) bond motifs is 1. The van der Waals surface area contributed by atoms with Crippen molar-refractivity contribution in [1.82, 2.24) is 9.55 Å². The molecule has 1 aliphatic carbocycles. The molecule has 0 radical (unpaired) electrons. The number of imidazole rings is 1. The summed E-state index contributed by atoms with van der Waals surface area (Å²) in [7, 11) is 1.62. The van der Waals surface area contributed by atoms with Crippen LogP contribution in [-0.4, -0.2) is 27.1 Å². The summed E-state index contributed by atoms with van der Waals surface area (Å²) >= 11 is 0. The maximum atomic E-state index is 11.9. The first-order chi connectivity index (χ1) is 8.41. The van der Waals surface area contributed by atoms with Gasteiger partial charge in [-0.15, -0.1) is 0 Å². The van der Waals surface area contributed by atoms with Gasteiger partial charge in [0.05, 0.1) is 0 Å². The molecule has 0 unspecified atom stereocenters. The molecule has 2 rings (SSSR count). The van der Waals surface area contributed by atoms with Crippen LogP contribution in [0.1, 0.15) is 40.6 Å². The number of allylic oxidation sites excluding steroid dienone is 2. The zero-order valence-corrected chi connectivity index (χ0v) is 10.3. The van der Waals surface area contributed by atoms with E-state index in [0.29, 0.717) is 11.4 Å². The molecule has 0 atom stereocenters. The minimum Gasteiger partial charge on any atom is -0.458 e. The van der Waals surface area contributed by atoms with Gasteiger partial charge in [-0.3, -0.25) is 14.4 Å². The number of hydrogen-bond acceptors (Lipinski definition) is 5. The zero-order chi connectivity index (χ0) is 13.4. The monoisotopic (exact) mass is 248 g/mol. The van der Waals surface area contributed by atoms with Crippen molar-refractivity contribution in [2.75, 3.05) is 0 Å². The van der Waals surface area contributed by atoms with Crippen LogP contribution in [0.15, 0.2) is 11.6 Å². The lowest BCUT2D eigenvalue weighted by atomic mass is 9.99. The fourth-order valence-corrected chi connectivity index (χ4v) is 1.79. The second-order valence-electron chi connectivity index (χ2n) is 4.09. The largest absolute Gasteiger partial charge is 0.458 e. The molecule has 1 aromatic heterocycles. The molecular formula is C12H12N2O4. The third kappa shape index (κ3) is 1.85. The van der Waals surface area contributed by atoms with E-state index in [1.54, 1.807) is 14.0 Å². The number of carbonyl (C=O) groups is 3. The molecule has 0 amide bonds. The van der Waals surface area contributed by atoms with Gasteiger partial charge in [-0.05, 0) is 13.0 Å². The lowest BCUT2D eigenvalue weighted by Crippen LogP contribution is -2.18. The van der Waals surface area contributed by atoms with E-state index in [2.05, 4.69) is 4.98 Å².